The summed E-state index contributed by atoms with van der Waals surface area (Å²) in [5.74, 6) is -2.34. The van der Waals surface area contributed by atoms with Gasteiger partial charge in [-0.1, -0.05) is 5.16 Å². The molecule has 8 heteroatoms. The summed E-state index contributed by atoms with van der Waals surface area (Å²) in [4.78, 5) is 0. The molecular formula is C11H13F3N2O3. The number of methoxy groups -OCH3 is 1. The van der Waals surface area contributed by atoms with Gasteiger partial charge in [-0.15, -0.1) is 0 Å². The van der Waals surface area contributed by atoms with Crippen molar-refractivity contribution in [2.45, 2.75) is 6.18 Å². The van der Waals surface area contributed by atoms with Crippen molar-refractivity contribution >= 4 is 5.84 Å². The first-order chi connectivity index (χ1) is 8.88. The largest absolute Gasteiger partial charge is 0.497 e. The van der Waals surface area contributed by atoms with E-state index in [1.54, 1.807) is 12.1 Å². The van der Waals surface area contributed by atoms with E-state index in [-0.39, 0.29) is 5.75 Å². The fourth-order valence-electron chi connectivity index (χ4n) is 1.27. The minimum Gasteiger partial charge on any atom is -0.497 e. The molecule has 0 amide bonds. The van der Waals surface area contributed by atoms with Crippen molar-refractivity contribution in [3.63, 3.8) is 0 Å². The number of rotatable bonds is 5. The van der Waals surface area contributed by atoms with Crippen LogP contribution in [0, 0.1) is 5.92 Å². The molecule has 19 heavy (non-hydrogen) atoms. The number of hydrogen-bond donors (Lipinski definition) is 2. The number of halogens is 3. The standard InChI is InChI=1S/C11H13F3N2O3/c1-18-7-2-4-8(5-3-7)19-6-9(10(15)16-17)11(12,13)14/h2-5,9,17H,6H2,1H3,(H2,15,16). The van der Waals surface area contributed by atoms with Gasteiger partial charge in [0.2, 0.25) is 0 Å². The Morgan fingerprint density at radius 1 is 1.32 bits per heavy atom. The van der Waals surface area contributed by atoms with Crippen molar-refractivity contribution < 1.29 is 27.9 Å². The minimum absolute atomic E-state index is 0.223. The molecule has 3 N–H and O–H groups in total. The van der Waals surface area contributed by atoms with Gasteiger partial charge in [-0.2, -0.15) is 13.2 Å². The van der Waals surface area contributed by atoms with E-state index in [9.17, 15) is 13.2 Å². The normalized spacial score (nSPS) is 14.0. The van der Waals surface area contributed by atoms with Crippen LogP contribution in [0.15, 0.2) is 29.4 Å². The third-order valence-corrected chi connectivity index (χ3v) is 2.34. The number of ether oxygens (including phenoxy) is 2. The Hall–Kier alpha value is -2.12. The number of nitrogens with two attached hydrogens (primary N) is 1. The quantitative estimate of drug-likeness (QED) is 0.374. The first-order valence-electron chi connectivity index (χ1n) is 5.19. The Kier molecular flexibility index (Phi) is 4.85. The summed E-state index contributed by atoms with van der Waals surface area (Å²) in [5, 5.41) is 10.7. The van der Waals surface area contributed by atoms with E-state index in [0.717, 1.165) is 0 Å². The molecular weight excluding hydrogens is 265 g/mol. The van der Waals surface area contributed by atoms with Crippen molar-refractivity contribution in [1.82, 2.24) is 0 Å². The van der Waals surface area contributed by atoms with Gasteiger partial charge in [0, 0.05) is 0 Å². The van der Waals surface area contributed by atoms with E-state index in [0.29, 0.717) is 5.75 Å². The van der Waals surface area contributed by atoms with Crippen LogP contribution in [0.5, 0.6) is 11.5 Å². The van der Waals surface area contributed by atoms with Gasteiger partial charge >= 0.3 is 6.18 Å². The number of oxime groups is 1. The molecule has 0 aromatic heterocycles. The molecule has 1 aromatic carbocycles. The predicted molar refractivity (Wildman–Crippen MR) is 61.4 cm³/mol. The number of hydrogen-bond acceptors (Lipinski definition) is 4. The van der Waals surface area contributed by atoms with Gasteiger partial charge in [-0.25, -0.2) is 0 Å². The molecule has 0 saturated heterocycles. The van der Waals surface area contributed by atoms with Gasteiger partial charge in [-0.05, 0) is 24.3 Å². The molecule has 1 unspecified atom stereocenters. The molecule has 0 bridgehead atoms. The van der Waals surface area contributed by atoms with Crippen molar-refractivity contribution in [2.75, 3.05) is 13.7 Å². The Morgan fingerprint density at radius 2 is 1.84 bits per heavy atom. The summed E-state index contributed by atoms with van der Waals surface area (Å²) in [5.41, 5.74) is 4.99. The Balaban J connectivity index is 2.71. The maximum Gasteiger partial charge on any atom is 0.402 e. The second-order valence-electron chi connectivity index (χ2n) is 3.61. The van der Waals surface area contributed by atoms with Crippen LogP contribution in [0.25, 0.3) is 0 Å². The van der Waals surface area contributed by atoms with Crippen LogP contribution >= 0.6 is 0 Å². The zero-order valence-electron chi connectivity index (χ0n) is 10.0. The lowest BCUT2D eigenvalue weighted by atomic mass is 10.1. The fraction of sp³-hybridized carbons (Fsp3) is 0.364. The Bertz CT molecular complexity index is 432. The summed E-state index contributed by atoms with van der Waals surface area (Å²) >= 11 is 0. The van der Waals surface area contributed by atoms with Crippen molar-refractivity contribution in [3.8, 4) is 11.5 Å². The molecule has 1 aromatic rings. The Morgan fingerprint density at radius 3 is 2.26 bits per heavy atom. The van der Waals surface area contributed by atoms with Crippen molar-refractivity contribution in [2.24, 2.45) is 16.8 Å². The zero-order valence-corrected chi connectivity index (χ0v) is 10.0. The highest BCUT2D eigenvalue weighted by atomic mass is 19.4. The summed E-state index contributed by atoms with van der Waals surface area (Å²) in [6, 6.07) is 6.00. The second-order valence-corrected chi connectivity index (χ2v) is 3.61. The van der Waals surface area contributed by atoms with Gasteiger partial charge < -0.3 is 20.4 Å². The molecule has 0 aliphatic carbocycles. The number of amidine groups is 1. The molecule has 0 aliphatic heterocycles. The molecule has 5 nitrogen and oxygen atoms in total. The van der Waals surface area contributed by atoms with Crippen LogP contribution in [0.3, 0.4) is 0 Å². The third kappa shape index (κ3) is 4.23. The third-order valence-electron chi connectivity index (χ3n) is 2.34. The van der Waals surface area contributed by atoms with Crippen LogP contribution in [0.4, 0.5) is 13.2 Å². The summed E-state index contributed by atoms with van der Waals surface area (Å²) in [7, 11) is 1.47. The predicted octanol–water partition coefficient (Wildman–Crippen LogP) is 2.00. The highest BCUT2D eigenvalue weighted by Crippen LogP contribution is 2.27. The van der Waals surface area contributed by atoms with E-state index in [2.05, 4.69) is 5.16 Å². The smallest absolute Gasteiger partial charge is 0.402 e. The molecule has 0 radical (unpaired) electrons. The van der Waals surface area contributed by atoms with Crippen molar-refractivity contribution in [1.29, 1.82) is 0 Å². The van der Waals surface area contributed by atoms with Crippen molar-refractivity contribution in [3.05, 3.63) is 24.3 Å². The first kappa shape index (κ1) is 14.9. The summed E-state index contributed by atoms with van der Waals surface area (Å²) in [6.07, 6.45) is -4.65. The van der Waals surface area contributed by atoms with E-state index in [1.807, 2.05) is 0 Å². The van der Waals surface area contributed by atoms with Gasteiger partial charge in [0.05, 0.1) is 7.11 Å². The fourth-order valence-corrected chi connectivity index (χ4v) is 1.27. The SMILES string of the molecule is COc1ccc(OCC(/C(N)=N/O)C(F)(F)F)cc1. The molecule has 0 saturated carbocycles. The highest BCUT2D eigenvalue weighted by molar-refractivity contribution is 5.83. The first-order valence-corrected chi connectivity index (χ1v) is 5.19. The second kappa shape index (κ2) is 6.17. The minimum atomic E-state index is -4.65. The molecule has 0 heterocycles. The van der Waals surface area contributed by atoms with Gasteiger partial charge in [-0.3, -0.25) is 0 Å². The topological polar surface area (TPSA) is 77.1 Å². The molecule has 1 atom stereocenters. The van der Waals surface area contributed by atoms with Crippen LogP contribution in [0.1, 0.15) is 0 Å². The van der Waals surface area contributed by atoms with E-state index >= 15 is 0 Å². The Labute approximate surface area is 107 Å². The van der Waals surface area contributed by atoms with Crippen LogP contribution in [0.2, 0.25) is 0 Å². The van der Waals surface area contributed by atoms with Crippen LogP contribution in [-0.2, 0) is 0 Å². The maximum absolute atomic E-state index is 12.6. The van der Waals surface area contributed by atoms with Crippen LogP contribution in [-0.4, -0.2) is 30.9 Å². The maximum atomic E-state index is 12.6. The van der Waals surface area contributed by atoms with E-state index < -0.39 is 24.5 Å². The molecule has 1 rings (SSSR count). The molecule has 0 spiro atoms. The monoisotopic (exact) mass is 278 g/mol. The van der Waals surface area contributed by atoms with Gasteiger partial charge in [0.25, 0.3) is 0 Å². The number of nitrogens with zero attached hydrogens (tertiary/aromatic N) is 1. The summed E-state index contributed by atoms with van der Waals surface area (Å²) < 4.78 is 47.7. The average molecular weight is 278 g/mol. The lowest BCUT2D eigenvalue weighted by Gasteiger charge is -2.19. The highest BCUT2D eigenvalue weighted by Gasteiger charge is 2.43. The van der Waals surface area contributed by atoms with Gasteiger partial charge in [0.15, 0.2) is 5.84 Å². The molecule has 0 fully saturated rings. The molecule has 0 aliphatic rings. The number of alkyl halides is 3. The lowest BCUT2D eigenvalue weighted by molar-refractivity contribution is -0.162. The molecule has 106 valence electrons. The number of benzene rings is 1. The summed E-state index contributed by atoms with van der Waals surface area (Å²) in [6.45, 7) is -0.772. The lowest BCUT2D eigenvalue weighted by Crippen LogP contribution is -2.40. The van der Waals surface area contributed by atoms with Gasteiger partial charge in [0.1, 0.15) is 24.0 Å². The zero-order chi connectivity index (χ0) is 14.5. The van der Waals surface area contributed by atoms with Crippen LogP contribution < -0.4 is 15.2 Å². The average Bonchev–Trinajstić information content (AvgIpc) is 2.37. The van der Waals surface area contributed by atoms with E-state index in [4.69, 9.17) is 20.4 Å². The van der Waals surface area contributed by atoms with E-state index in [1.165, 1.54) is 19.2 Å².